The van der Waals surface area contributed by atoms with Crippen molar-refractivity contribution in [1.29, 1.82) is 0 Å². The Morgan fingerprint density at radius 2 is 1.71 bits per heavy atom. The van der Waals surface area contributed by atoms with Gasteiger partial charge in [0.05, 0.1) is 0 Å². The van der Waals surface area contributed by atoms with E-state index in [0.717, 1.165) is 6.07 Å². The van der Waals surface area contributed by atoms with Gasteiger partial charge < -0.3 is 10.4 Å². The Balaban J connectivity index is 2.61. The number of halogens is 3. The lowest BCUT2D eigenvalue weighted by molar-refractivity contribution is 0.156. The van der Waals surface area contributed by atoms with Crippen LogP contribution in [0.25, 0.3) is 0 Å². The molecule has 1 aromatic rings. The first-order valence-electron chi connectivity index (χ1n) is 5.31. The van der Waals surface area contributed by atoms with E-state index in [-0.39, 0.29) is 24.1 Å². The predicted octanol–water partition coefficient (Wildman–Crippen LogP) is 2.21. The molecule has 0 aromatic heterocycles. The Bertz CT molecular complexity index is 394. The Morgan fingerprint density at radius 3 is 2.29 bits per heavy atom. The van der Waals surface area contributed by atoms with Gasteiger partial charge >= 0.3 is 0 Å². The van der Waals surface area contributed by atoms with Crippen LogP contribution < -0.4 is 5.32 Å². The minimum Gasteiger partial charge on any atom is -0.396 e. The van der Waals surface area contributed by atoms with E-state index >= 15 is 0 Å². The van der Waals surface area contributed by atoms with E-state index in [0.29, 0.717) is 12.6 Å². The van der Waals surface area contributed by atoms with Crippen molar-refractivity contribution in [2.24, 2.45) is 5.41 Å². The molecule has 0 aliphatic carbocycles. The Labute approximate surface area is 98.5 Å². The molecular weight excluding hydrogens is 231 g/mol. The quantitative estimate of drug-likeness (QED) is 0.782. The molecular formula is C12H16F3NO. The molecule has 1 aromatic carbocycles. The van der Waals surface area contributed by atoms with Crippen LogP contribution in [0.4, 0.5) is 13.2 Å². The van der Waals surface area contributed by atoms with Crippen molar-refractivity contribution in [2.45, 2.75) is 20.4 Å². The SMILES string of the molecule is CC(C)(CO)CNCc1cc(F)c(F)cc1F. The third-order valence-electron chi connectivity index (χ3n) is 2.44. The first kappa shape index (κ1) is 14.0. The fraction of sp³-hybridized carbons (Fsp3) is 0.500. The van der Waals surface area contributed by atoms with Gasteiger partial charge in [0.25, 0.3) is 0 Å². The monoisotopic (exact) mass is 247 g/mol. The highest BCUT2D eigenvalue weighted by atomic mass is 19.2. The molecule has 0 saturated carbocycles. The van der Waals surface area contributed by atoms with Crippen LogP contribution in [-0.2, 0) is 6.54 Å². The van der Waals surface area contributed by atoms with Gasteiger partial charge in [-0.1, -0.05) is 13.8 Å². The first-order valence-corrected chi connectivity index (χ1v) is 5.31. The second kappa shape index (κ2) is 5.51. The van der Waals surface area contributed by atoms with Crippen LogP contribution in [0.5, 0.6) is 0 Å². The molecule has 17 heavy (non-hydrogen) atoms. The summed E-state index contributed by atoms with van der Waals surface area (Å²) in [5.74, 6) is -3.04. The van der Waals surface area contributed by atoms with Gasteiger partial charge in [0.2, 0.25) is 0 Å². The third-order valence-corrected chi connectivity index (χ3v) is 2.44. The van der Waals surface area contributed by atoms with Crippen molar-refractivity contribution in [3.05, 3.63) is 35.1 Å². The number of hydrogen-bond donors (Lipinski definition) is 2. The molecule has 0 spiro atoms. The second-order valence-electron chi connectivity index (χ2n) is 4.78. The molecule has 0 unspecified atom stereocenters. The van der Waals surface area contributed by atoms with E-state index in [4.69, 9.17) is 5.11 Å². The highest BCUT2D eigenvalue weighted by Gasteiger charge is 2.16. The van der Waals surface area contributed by atoms with Gasteiger partial charge in [-0.3, -0.25) is 0 Å². The van der Waals surface area contributed by atoms with Gasteiger partial charge in [-0.25, -0.2) is 13.2 Å². The van der Waals surface area contributed by atoms with Crippen LogP contribution in [0.3, 0.4) is 0 Å². The zero-order chi connectivity index (χ0) is 13.1. The number of hydrogen-bond acceptors (Lipinski definition) is 2. The molecule has 5 heteroatoms. The third kappa shape index (κ3) is 4.02. The molecule has 2 nitrogen and oxygen atoms in total. The van der Waals surface area contributed by atoms with E-state index in [1.807, 2.05) is 13.8 Å². The fourth-order valence-electron chi connectivity index (χ4n) is 1.29. The second-order valence-corrected chi connectivity index (χ2v) is 4.78. The average molecular weight is 247 g/mol. The average Bonchev–Trinajstić information content (AvgIpc) is 2.25. The van der Waals surface area contributed by atoms with Crippen molar-refractivity contribution in [3.63, 3.8) is 0 Å². The van der Waals surface area contributed by atoms with E-state index in [9.17, 15) is 13.2 Å². The summed E-state index contributed by atoms with van der Waals surface area (Å²) in [6, 6.07) is 1.37. The van der Waals surface area contributed by atoms with Crippen LogP contribution in [0.2, 0.25) is 0 Å². The smallest absolute Gasteiger partial charge is 0.161 e. The number of aliphatic hydroxyl groups is 1. The topological polar surface area (TPSA) is 32.3 Å². The van der Waals surface area contributed by atoms with Gasteiger partial charge in [-0.05, 0) is 6.07 Å². The lowest BCUT2D eigenvalue weighted by atomic mass is 9.95. The molecule has 0 bridgehead atoms. The maximum atomic E-state index is 13.2. The lowest BCUT2D eigenvalue weighted by Crippen LogP contribution is -2.32. The van der Waals surface area contributed by atoms with Crippen LogP contribution in [0, 0.1) is 22.9 Å². The van der Waals surface area contributed by atoms with E-state index in [1.54, 1.807) is 0 Å². The van der Waals surface area contributed by atoms with E-state index < -0.39 is 17.5 Å². The van der Waals surface area contributed by atoms with Crippen molar-refractivity contribution < 1.29 is 18.3 Å². The zero-order valence-electron chi connectivity index (χ0n) is 9.86. The first-order chi connectivity index (χ1) is 7.85. The van der Waals surface area contributed by atoms with Crippen LogP contribution in [-0.4, -0.2) is 18.3 Å². The van der Waals surface area contributed by atoms with Crippen molar-refractivity contribution in [2.75, 3.05) is 13.2 Å². The minimum atomic E-state index is -1.19. The molecule has 0 saturated heterocycles. The number of aliphatic hydroxyl groups excluding tert-OH is 1. The van der Waals surface area contributed by atoms with Gasteiger partial charge in [0.15, 0.2) is 11.6 Å². The molecule has 0 amide bonds. The Hall–Kier alpha value is -1.07. The number of rotatable bonds is 5. The summed E-state index contributed by atoms with van der Waals surface area (Å²) in [6.45, 7) is 4.19. The van der Waals surface area contributed by atoms with Crippen molar-refractivity contribution >= 4 is 0 Å². The summed E-state index contributed by atoms with van der Waals surface area (Å²) < 4.78 is 38.8. The highest BCUT2D eigenvalue weighted by Crippen LogP contribution is 2.15. The van der Waals surface area contributed by atoms with Crippen LogP contribution in [0.15, 0.2) is 12.1 Å². The summed E-state index contributed by atoms with van der Waals surface area (Å²) in [6.07, 6.45) is 0. The molecule has 96 valence electrons. The van der Waals surface area contributed by atoms with E-state index in [2.05, 4.69) is 5.32 Å². The molecule has 0 fully saturated rings. The standard InChI is InChI=1S/C12H16F3NO/c1-12(2,7-17)6-16-5-8-3-10(14)11(15)4-9(8)13/h3-4,16-17H,5-7H2,1-2H3. The summed E-state index contributed by atoms with van der Waals surface area (Å²) in [4.78, 5) is 0. The van der Waals surface area contributed by atoms with Gasteiger partial charge in [0.1, 0.15) is 5.82 Å². The zero-order valence-corrected chi connectivity index (χ0v) is 9.86. The molecule has 0 heterocycles. The van der Waals surface area contributed by atoms with Crippen LogP contribution >= 0.6 is 0 Å². The summed E-state index contributed by atoms with van der Waals surface area (Å²) in [5, 5.41) is 11.9. The normalized spacial score (nSPS) is 11.9. The Morgan fingerprint density at radius 1 is 1.12 bits per heavy atom. The number of nitrogens with one attached hydrogen (secondary N) is 1. The molecule has 1 rings (SSSR count). The fourth-order valence-corrected chi connectivity index (χ4v) is 1.29. The predicted molar refractivity (Wildman–Crippen MR) is 58.9 cm³/mol. The Kier molecular flexibility index (Phi) is 4.54. The largest absolute Gasteiger partial charge is 0.396 e. The summed E-state index contributed by atoms with van der Waals surface area (Å²) >= 11 is 0. The minimum absolute atomic E-state index is 0.0136. The van der Waals surface area contributed by atoms with E-state index in [1.165, 1.54) is 0 Å². The molecule has 0 aliphatic rings. The van der Waals surface area contributed by atoms with Gasteiger partial charge in [-0.2, -0.15) is 0 Å². The van der Waals surface area contributed by atoms with Gasteiger partial charge in [0, 0.05) is 36.7 Å². The maximum absolute atomic E-state index is 13.2. The molecule has 0 aliphatic heterocycles. The molecule has 0 atom stereocenters. The molecule has 0 radical (unpaired) electrons. The summed E-state index contributed by atoms with van der Waals surface area (Å²) in [5.41, 5.74) is -0.271. The van der Waals surface area contributed by atoms with Gasteiger partial charge in [-0.15, -0.1) is 0 Å². The van der Waals surface area contributed by atoms with Crippen molar-refractivity contribution in [3.8, 4) is 0 Å². The lowest BCUT2D eigenvalue weighted by Gasteiger charge is -2.22. The highest BCUT2D eigenvalue weighted by molar-refractivity contribution is 5.19. The number of benzene rings is 1. The van der Waals surface area contributed by atoms with Crippen LogP contribution in [0.1, 0.15) is 19.4 Å². The summed E-state index contributed by atoms with van der Waals surface area (Å²) in [7, 11) is 0. The maximum Gasteiger partial charge on any atom is 0.161 e. The molecule has 2 N–H and O–H groups in total. The van der Waals surface area contributed by atoms with Crippen molar-refractivity contribution in [1.82, 2.24) is 5.32 Å².